The second-order valence-corrected chi connectivity index (χ2v) is 5.63. The van der Waals surface area contributed by atoms with Crippen molar-refractivity contribution in [2.75, 3.05) is 13.6 Å². The Labute approximate surface area is 100 Å². The molecule has 0 fully saturated rings. The summed E-state index contributed by atoms with van der Waals surface area (Å²) in [5, 5.41) is 0. The second kappa shape index (κ2) is 6.24. The van der Waals surface area contributed by atoms with E-state index < -0.39 is 0 Å². The fourth-order valence-corrected chi connectivity index (χ4v) is 1.68. The molecule has 2 N–H and O–H groups in total. The molecule has 0 aromatic heterocycles. The summed E-state index contributed by atoms with van der Waals surface area (Å²) in [6, 6.07) is 0. The van der Waals surface area contributed by atoms with Crippen LogP contribution in [0.2, 0.25) is 0 Å². The van der Waals surface area contributed by atoms with Crippen molar-refractivity contribution in [2.24, 2.45) is 17.6 Å². The summed E-state index contributed by atoms with van der Waals surface area (Å²) in [6.45, 7) is 11.0. The highest BCUT2D eigenvalue weighted by molar-refractivity contribution is 5.79. The Kier molecular flexibility index (Phi) is 6.01. The molecule has 0 aromatic carbocycles. The van der Waals surface area contributed by atoms with E-state index in [-0.39, 0.29) is 17.4 Å². The molecule has 0 heterocycles. The van der Waals surface area contributed by atoms with Crippen LogP contribution in [-0.2, 0) is 4.79 Å². The standard InChI is InChI=1S/C13H28N2O/c1-7-13(4,5)15(6)12(16)11(9-14)8-10(2)3/h10-11H,7-9,14H2,1-6H3. The Hall–Kier alpha value is -0.570. The lowest BCUT2D eigenvalue weighted by Crippen LogP contribution is -2.48. The number of amides is 1. The van der Waals surface area contributed by atoms with Gasteiger partial charge < -0.3 is 10.6 Å². The first kappa shape index (κ1) is 15.4. The highest BCUT2D eigenvalue weighted by atomic mass is 16.2. The van der Waals surface area contributed by atoms with E-state index in [2.05, 4.69) is 34.6 Å². The maximum atomic E-state index is 12.3. The summed E-state index contributed by atoms with van der Waals surface area (Å²) in [5.41, 5.74) is 5.62. The molecule has 0 saturated heterocycles. The number of nitrogens with zero attached hydrogens (tertiary/aromatic N) is 1. The van der Waals surface area contributed by atoms with Gasteiger partial charge in [0.15, 0.2) is 0 Å². The van der Waals surface area contributed by atoms with Crippen LogP contribution in [0.1, 0.15) is 47.5 Å². The third-order valence-electron chi connectivity index (χ3n) is 3.49. The van der Waals surface area contributed by atoms with Crippen LogP contribution in [0.25, 0.3) is 0 Å². The van der Waals surface area contributed by atoms with Gasteiger partial charge in [-0.3, -0.25) is 4.79 Å². The molecule has 0 radical (unpaired) electrons. The van der Waals surface area contributed by atoms with Crippen LogP contribution in [0.15, 0.2) is 0 Å². The molecule has 3 heteroatoms. The summed E-state index contributed by atoms with van der Waals surface area (Å²) in [7, 11) is 1.88. The predicted molar refractivity (Wildman–Crippen MR) is 69.1 cm³/mol. The Morgan fingerprint density at radius 3 is 2.19 bits per heavy atom. The summed E-state index contributed by atoms with van der Waals surface area (Å²) < 4.78 is 0. The third-order valence-corrected chi connectivity index (χ3v) is 3.49. The summed E-state index contributed by atoms with van der Waals surface area (Å²) in [5.74, 6) is 0.662. The molecule has 0 rings (SSSR count). The average Bonchev–Trinajstić information content (AvgIpc) is 2.23. The summed E-state index contributed by atoms with van der Waals surface area (Å²) in [4.78, 5) is 14.1. The zero-order valence-electron chi connectivity index (χ0n) is 11.7. The lowest BCUT2D eigenvalue weighted by atomic mass is 9.92. The fourth-order valence-electron chi connectivity index (χ4n) is 1.68. The van der Waals surface area contributed by atoms with E-state index in [0.717, 1.165) is 12.8 Å². The molecule has 0 spiro atoms. The van der Waals surface area contributed by atoms with E-state index in [1.54, 1.807) is 0 Å². The van der Waals surface area contributed by atoms with Crippen LogP contribution in [0.4, 0.5) is 0 Å². The molecule has 1 atom stereocenters. The molecule has 0 aromatic rings. The normalized spacial score (nSPS) is 14.0. The number of carbonyl (C=O) groups excluding carboxylic acids is 1. The highest BCUT2D eigenvalue weighted by Gasteiger charge is 2.30. The first-order valence-electron chi connectivity index (χ1n) is 6.24. The Morgan fingerprint density at radius 1 is 1.38 bits per heavy atom. The molecule has 0 saturated carbocycles. The molecule has 1 amide bonds. The fraction of sp³-hybridized carbons (Fsp3) is 0.923. The Bertz CT molecular complexity index is 224. The van der Waals surface area contributed by atoms with Gasteiger partial charge in [-0.15, -0.1) is 0 Å². The molecule has 16 heavy (non-hydrogen) atoms. The molecular formula is C13H28N2O. The zero-order chi connectivity index (χ0) is 12.9. The van der Waals surface area contributed by atoms with E-state index in [0.29, 0.717) is 12.5 Å². The number of hydrogen-bond donors (Lipinski definition) is 1. The molecule has 96 valence electrons. The molecule has 0 aliphatic heterocycles. The van der Waals surface area contributed by atoms with Crippen molar-refractivity contribution < 1.29 is 4.79 Å². The van der Waals surface area contributed by atoms with Gasteiger partial charge in [0.2, 0.25) is 5.91 Å². The number of nitrogens with two attached hydrogens (primary N) is 1. The van der Waals surface area contributed by atoms with Gasteiger partial charge in [-0.2, -0.15) is 0 Å². The maximum Gasteiger partial charge on any atom is 0.227 e. The van der Waals surface area contributed by atoms with Crippen molar-refractivity contribution in [1.29, 1.82) is 0 Å². The average molecular weight is 228 g/mol. The van der Waals surface area contributed by atoms with Crippen LogP contribution in [0, 0.1) is 11.8 Å². The van der Waals surface area contributed by atoms with Crippen molar-refractivity contribution in [3.8, 4) is 0 Å². The van der Waals surface area contributed by atoms with Gasteiger partial charge in [-0.25, -0.2) is 0 Å². The molecule has 0 aliphatic carbocycles. The molecule has 1 unspecified atom stereocenters. The molecule has 0 bridgehead atoms. The van der Waals surface area contributed by atoms with Crippen LogP contribution in [-0.4, -0.2) is 29.9 Å². The first-order valence-corrected chi connectivity index (χ1v) is 6.24. The van der Waals surface area contributed by atoms with Gasteiger partial charge in [-0.1, -0.05) is 20.8 Å². The first-order chi connectivity index (χ1) is 7.26. The van der Waals surface area contributed by atoms with Gasteiger partial charge >= 0.3 is 0 Å². The minimum absolute atomic E-state index is 0.0316. The van der Waals surface area contributed by atoms with Gasteiger partial charge in [0.1, 0.15) is 0 Å². The van der Waals surface area contributed by atoms with E-state index in [1.165, 1.54) is 0 Å². The summed E-state index contributed by atoms with van der Waals surface area (Å²) >= 11 is 0. The molecular weight excluding hydrogens is 200 g/mol. The zero-order valence-corrected chi connectivity index (χ0v) is 11.7. The second-order valence-electron chi connectivity index (χ2n) is 5.63. The predicted octanol–water partition coefficient (Wildman–Crippen LogP) is 2.25. The maximum absolute atomic E-state index is 12.3. The van der Waals surface area contributed by atoms with Crippen LogP contribution in [0.3, 0.4) is 0 Å². The van der Waals surface area contributed by atoms with Crippen LogP contribution < -0.4 is 5.73 Å². The van der Waals surface area contributed by atoms with Crippen molar-refractivity contribution in [2.45, 2.75) is 53.0 Å². The third kappa shape index (κ3) is 4.12. The number of carbonyl (C=O) groups is 1. The molecule has 0 aliphatic rings. The Balaban J connectivity index is 4.62. The lowest BCUT2D eigenvalue weighted by molar-refractivity contribution is -0.139. The lowest BCUT2D eigenvalue weighted by Gasteiger charge is -2.37. The quantitative estimate of drug-likeness (QED) is 0.758. The monoisotopic (exact) mass is 228 g/mol. The topological polar surface area (TPSA) is 46.3 Å². The van der Waals surface area contributed by atoms with Crippen LogP contribution >= 0.6 is 0 Å². The van der Waals surface area contributed by atoms with Gasteiger partial charge in [0.05, 0.1) is 5.92 Å². The SMILES string of the molecule is CCC(C)(C)N(C)C(=O)C(CN)CC(C)C. The van der Waals surface area contributed by atoms with Crippen LogP contribution in [0.5, 0.6) is 0 Å². The van der Waals surface area contributed by atoms with Gasteiger partial charge in [0, 0.05) is 19.1 Å². The minimum atomic E-state index is -0.0819. The highest BCUT2D eigenvalue weighted by Crippen LogP contribution is 2.21. The molecule has 3 nitrogen and oxygen atoms in total. The van der Waals surface area contributed by atoms with Crippen molar-refractivity contribution in [3.63, 3.8) is 0 Å². The van der Waals surface area contributed by atoms with Gasteiger partial charge in [0.25, 0.3) is 0 Å². The number of hydrogen-bond acceptors (Lipinski definition) is 2. The number of rotatable bonds is 6. The van der Waals surface area contributed by atoms with Gasteiger partial charge in [-0.05, 0) is 32.6 Å². The van der Waals surface area contributed by atoms with E-state index in [4.69, 9.17) is 5.73 Å². The van der Waals surface area contributed by atoms with E-state index >= 15 is 0 Å². The smallest absolute Gasteiger partial charge is 0.227 e. The van der Waals surface area contributed by atoms with Crippen molar-refractivity contribution in [3.05, 3.63) is 0 Å². The largest absolute Gasteiger partial charge is 0.340 e. The van der Waals surface area contributed by atoms with Crippen molar-refractivity contribution in [1.82, 2.24) is 4.90 Å². The van der Waals surface area contributed by atoms with Crippen molar-refractivity contribution >= 4 is 5.91 Å². The Morgan fingerprint density at radius 2 is 1.88 bits per heavy atom. The van der Waals surface area contributed by atoms with E-state index in [9.17, 15) is 4.79 Å². The van der Waals surface area contributed by atoms with E-state index in [1.807, 2.05) is 11.9 Å². The minimum Gasteiger partial charge on any atom is -0.340 e. The summed E-state index contributed by atoms with van der Waals surface area (Å²) in [6.07, 6.45) is 1.83.